The molecule has 2 amide bonds. The van der Waals surface area contributed by atoms with Crippen molar-refractivity contribution in [2.45, 2.75) is 6.18 Å². The minimum atomic E-state index is -4.66. The quantitative estimate of drug-likeness (QED) is 0.611. The van der Waals surface area contributed by atoms with Gasteiger partial charge in [0.15, 0.2) is 0 Å². The Morgan fingerprint density at radius 1 is 1.13 bits per heavy atom. The molecule has 0 spiro atoms. The number of ether oxygens (including phenoxy) is 1. The van der Waals surface area contributed by atoms with Crippen molar-refractivity contribution in [2.75, 3.05) is 37.9 Å². The zero-order valence-electron chi connectivity index (χ0n) is 15.8. The maximum atomic E-state index is 12.9. The van der Waals surface area contributed by atoms with Gasteiger partial charge in [0.1, 0.15) is 4.88 Å². The average Bonchev–Trinajstić information content (AvgIpc) is 3.09. The Morgan fingerprint density at radius 2 is 1.77 bits per heavy atom. The molecule has 0 unspecified atom stereocenters. The molecule has 0 aliphatic carbocycles. The third-order valence-electron chi connectivity index (χ3n) is 3.69. The second kappa shape index (κ2) is 9.92. The van der Waals surface area contributed by atoms with Crippen LogP contribution in [0.25, 0.3) is 0 Å². The number of likely N-dealkylation sites (N-methyl/N-ethyl adjacent to an activating group) is 1. The van der Waals surface area contributed by atoms with E-state index in [4.69, 9.17) is 11.6 Å². The lowest BCUT2D eigenvalue weighted by molar-refractivity contribution is -0.137. The molecule has 1 heterocycles. The first-order valence-electron chi connectivity index (χ1n) is 8.32. The van der Waals surface area contributed by atoms with E-state index < -0.39 is 34.5 Å². The van der Waals surface area contributed by atoms with E-state index in [9.17, 15) is 27.6 Å². The summed E-state index contributed by atoms with van der Waals surface area (Å²) < 4.78 is 43.3. The summed E-state index contributed by atoms with van der Waals surface area (Å²) in [5.74, 6) is -1.69. The number of hydrogen-bond donors (Lipinski definition) is 2. The van der Waals surface area contributed by atoms with E-state index in [0.717, 1.165) is 23.5 Å². The van der Waals surface area contributed by atoms with Crippen molar-refractivity contribution < 1.29 is 32.3 Å². The number of carbonyl (C=O) groups excluding carboxylic acids is 3. The van der Waals surface area contributed by atoms with Crippen molar-refractivity contribution >= 4 is 52.1 Å². The molecule has 0 saturated heterocycles. The Balaban J connectivity index is 1.91. The standard InChI is InChI=1S/C18H17ClF3N3O4S/c1-25(9-15(27)24-13-5-6-30-16(13)17(28)29-2)8-14(26)23-10-3-4-12(19)11(7-10)18(20,21)22/h3-7H,8-9H2,1-2H3,(H,23,26)(H,24,27). The fraction of sp³-hybridized carbons (Fsp3) is 0.278. The summed E-state index contributed by atoms with van der Waals surface area (Å²) in [5, 5.41) is 6.01. The van der Waals surface area contributed by atoms with Gasteiger partial charge in [0, 0.05) is 5.69 Å². The van der Waals surface area contributed by atoms with Crippen molar-refractivity contribution in [3.05, 3.63) is 45.1 Å². The Labute approximate surface area is 178 Å². The number of esters is 1. The lowest BCUT2D eigenvalue weighted by Crippen LogP contribution is -2.36. The summed E-state index contributed by atoms with van der Waals surface area (Å²) in [5.41, 5.74) is -0.849. The molecule has 0 saturated carbocycles. The zero-order valence-corrected chi connectivity index (χ0v) is 17.4. The number of thiophene rings is 1. The Hall–Kier alpha value is -2.63. The van der Waals surface area contributed by atoms with Crippen molar-refractivity contribution in [3.8, 4) is 0 Å². The largest absolute Gasteiger partial charge is 0.465 e. The molecule has 2 N–H and O–H groups in total. The highest BCUT2D eigenvalue weighted by Crippen LogP contribution is 2.36. The highest BCUT2D eigenvalue weighted by molar-refractivity contribution is 7.12. The van der Waals surface area contributed by atoms with Crippen molar-refractivity contribution in [1.29, 1.82) is 0 Å². The van der Waals surface area contributed by atoms with Crippen LogP contribution in [0.2, 0.25) is 5.02 Å². The van der Waals surface area contributed by atoms with E-state index >= 15 is 0 Å². The zero-order chi connectivity index (χ0) is 22.5. The monoisotopic (exact) mass is 463 g/mol. The van der Waals surface area contributed by atoms with Crippen LogP contribution in [-0.2, 0) is 20.5 Å². The van der Waals surface area contributed by atoms with Gasteiger partial charge in [-0.3, -0.25) is 14.5 Å². The van der Waals surface area contributed by atoms with Crippen molar-refractivity contribution in [1.82, 2.24) is 4.90 Å². The topological polar surface area (TPSA) is 87.7 Å². The molecule has 12 heteroatoms. The Kier molecular flexibility index (Phi) is 7.82. The van der Waals surface area contributed by atoms with Gasteiger partial charge in [-0.25, -0.2) is 4.79 Å². The van der Waals surface area contributed by atoms with Gasteiger partial charge in [0.25, 0.3) is 0 Å². The van der Waals surface area contributed by atoms with Crippen LogP contribution in [0.1, 0.15) is 15.2 Å². The number of halogens is 4. The smallest absolute Gasteiger partial charge is 0.417 e. The van der Waals surface area contributed by atoms with Crippen molar-refractivity contribution in [2.24, 2.45) is 0 Å². The predicted molar refractivity (Wildman–Crippen MR) is 107 cm³/mol. The van der Waals surface area contributed by atoms with E-state index in [0.29, 0.717) is 0 Å². The van der Waals surface area contributed by atoms with Gasteiger partial charge in [0.05, 0.1) is 36.5 Å². The lowest BCUT2D eigenvalue weighted by Gasteiger charge is -2.17. The van der Waals surface area contributed by atoms with Gasteiger partial charge < -0.3 is 15.4 Å². The molecule has 0 fully saturated rings. The molecule has 162 valence electrons. The van der Waals surface area contributed by atoms with E-state index in [1.807, 2.05) is 0 Å². The minimum Gasteiger partial charge on any atom is -0.465 e. The number of methoxy groups -OCH3 is 1. The maximum Gasteiger partial charge on any atom is 0.417 e. The first kappa shape index (κ1) is 23.6. The number of nitrogens with zero attached hydrogens (tertiary/aromatic N) is 1. The third-order valence-corrected chi connectivity index (χ3v) is 4.92. The number of carbonyl (C=O) groups is 3. The summed E-state index contributed by atoms with van der Waals surface area (Å²) in [6, 6.07) is 4.56. The summed E-state index contributed by atoms with van der Waals surface area (Å²) in [6.45, 7) is -0.455. The van der Waals surface area contributed by atoms with Crippen molar-refractivity contribution in [3.63, 3.8) is 0 Å². The highest BCUT2D eigenvalue weighted by atomic mass is 35.5. The molecule has 0 radical (unpaired) electrons. The summed E-state index contributed by atoms with van der Waals surface area (Å²) >= 11 is 6.65. The van der Waals surface area contributed by atoms with Crippen LogP contribution in [0.5, 0.6) is 0 Å². The molecule has 0 aliphatic heterocycles. The molecule has 0 atom stereocenters. The van der Waals surface area contributed by atoms with Crippen LogP contribution in [0.3, 0.4) is 0 Å². The third kappa shape index (κ3) is 6.44. The lowest BCUT2D eigenvalue weighted by atomic mass is 10.2. The Morgan fingerprint density at radius 3 is 2.37 bits per heavy atom. The van der Waals surface area contributed by atoms with Gasteiger partial charge in [-0.05, 0) is 36.7 Å². The second-order valence-corrected chi connectivity index (χ2v) is 7.44. The van der Waals surface area contributed by atoms with E-state index in [1.165, 1.54) is 25.1 Å². The minimum absolute atomic E-state index is 0.0735. The molecule has 7 nitrogen and oxygen atoms in total. The molecule has 30 heavy (non-hydrogen) atoms. The van der Waals surface area contributed by atoms with Gasteiger partial charge >= 0.3 is 12.1 Å². The molecule has 2 rings (SSSR count). The molecular weight excluding hydrogens is 447 g/mol. The Bertz CT molecular complexity index is 949. The fourth-order valence-corrected chi connectivity index (χ4v) is 3.41. The van der Waals surface area contributed by atoms with Crippen LogP contribution >= 0.6 is 22.9 Å². The summed E-state index contributed by atoms with van der Waals surface area (Å²) in [6.07, 6.45) is -4.66. The molecule has 1 aromatic carbocycles. The number of alkyl halides is 3. The van der Waals surface area contributed by atoms with Crippen LogP contribution in [0.4, 0.5) is 24.5 Å². The van der Waals surface area contributed by atoms with Crippen LogP contribution in [0, 0.1) is 0 Å². The molecule has 0 bridgehead atoms. The highest BCUT2D eigenvalue weighted by Gasteiger charge is 2.33. The fourth-order valence-electron chi connectivity index (χ4n) is 2.42. The van der Waals surface area contributed by atoms with E-state index in [1.54, 1.807) is 11.4 Å². The molecule has 2 aromatic rings. The average molecular weight is 464 g/mol. The second-order valence-electron chi connectivity index (χ2n) is 6.12. The van der Waals surface area contributed by atoms with E-state index in [2.05, 4.69) is 15.4 Å². The molecular formula is C18H17ClF3N3O4S. The number of nitrogens with one attached hydrogen (secondary N) is 2. The van der Waals surface area contributed by atoms with Crippen LogP contribution in [-0.4, -0.2) is 49.9 Å². The number of benzene rings is 1. The summed E-state index contributed by atoms with van der Waals surface area (Å²) in [4.78, 5) is 37.4. The number of hydrogen-bond acceptors (Lipinski definition) is 6. The molecule has 0 aliphatic rings. The number of anilines is 2. The molecule has 1 aromatic heterocycles. The van der Waals surface area contributed by atoms with Gasteiger partial charge in [-0.15, -0.1) is 11.3 Å². The first-order valence-corrected chi connectivity index (χ1v) is 9.57. The normalized spacial score (nSPS) is 11.3. The van der Waals surface area contributed by atoms with Gasteiger partial charge in [-0.2, -0.15) is 13.2 Å². The van der Waals surface area contributed by atoms with E-state index in [-0.39, 0.29) is 29.3 Å². The number of rotatable bonds is 7. The van der Waals surface area contributed by atoms with Gasteiger partial charge in [-0.1, -0.05) is 11.6 Å². The predicted octanol–water partition coefficient (Wildman–Crippen LogP) is 3.72. The SMILES string of the molecule is COC(=O)c1sccc1NC(=O)CN(C)CC(=O)Nc1ccc(Cl)c(C(F)(F)F)c1. The maximum absolute atomic E-state index is 12.9. The van der Waals surface area contributed by atoms with Crippen LogP contribution < -0.4 is 10.6 Å². The van der Waals surface area contributed by atoms with Gasteiger partial charge in [0.2, 0.25) is 11.8 Å². The van der Waals surface area contributed by atoms with Crippen LogP contribution in [0.15, 0.2) is 29.6 Å². The number of amides is 2. The summed E-state index contributed by atoms with van der Waals surface area (Å²) in [7, 11) is 2.70. The first-order chi connectivity index (χ1) is 14.0.